The number of nitrogens with zero attached hydrogens (tertiary/aromatic N) is 3. The zero-order valence-corrected chi connectivity index (χ0v) is 21.2. The normalized spacial score (nSPS) is 20.5. The van der Waals surface area contributed by atoms with E-state index in [1.165, 1.54) is 12.3 Å². The van der Waals surface area contributed by atoms with Gasteiger partial charge in [-0.25, -0.2) is 18.7 Å². The highest BCUT2D eigenvalue weighted by Crippen LogP contribution is 2.39. The maximum atomic E-state index is 14.2. The van der Waals surface area contributed by atoms with Crippen molar-refractivity contribution in [3.05, 3.63) is 28.5 Å². The van der Waals surface area contributed by atoms with Gasteiger partial charge in [0.15, 0.2) is 5.01 Å². The van der Waals surface area contributed by atoms with Gasteiger partial charge in [0, 0.05) is 42.1 Å². The van der Waals surface area contributed by atoms with Crippen molar-refractivity contribution >= 4 is 29.0 Å². The predicted molar refractivity (Wildman–Crippen MR) is 130 cm³/mol. The second-order valence-corrected chi connectivity index (χ2v) is 11.1. The quantitative estimate of drug-likeness (QED) is 0.598. The van der Waals surface area contributed by atoms with Crippen LogP contribution in [0.1, 0.15) is 79.2 Å². The summed E-state index contributed by atoms with van der Waals surface area (Å²) in [6.07, 6.45) is 0.926. The van der Waals surface area contributed by atoms with Gasteiger partial charge in [0.1, 0.15) is 11.5 Å². The number of hydrogen-bond acceptors (Lipinski definition) is 7. The highest BCUT2D eigenvalue weighted by atomic mass is 32.1. The van der Waals surface area contributed by atoms with Gasteiger partial charge in [-0.05, 0) is 53.0 Å². The minimum atomic E-state index is -2.81. The molecule has 2 saturated heterocycles. The summed E-state index contributed by atoms with van der Waals surface area (Å²) >= 11 is 0.938. The van der Waals surface area contributed by atoms with Gasteiger partial charge in [-0.3, -0.25) is 9.59 Å². The molecule has 2 unspecified atom stereocenters. The SMILES string of the molecule is CC1CCCN1C(=O)c1nc(C(=O)NC2CCOC2)sc1-c1cnc(NC(C)(C)C)cc1C(F)F. The molecule has 2 atom stereocenters. The molecular weight excluding hydrogens is 476 g/mol. The van der Waals surface area contributed by atoms with Crippen LogP contribution < -0.4 is 10.6 Å². The predicted octanol–water partition coefficient (Wildman–Crippen LogP) is 4.50. The van der Waals surface area contributed by atoms with Gasteiger partial charge >= 0.3 is 0 Å². The van der Waals surface area contributed by atoms with E-state index >= 15 is 0 Å². The number of likely N-dealkylation sites (tertiary alicyclic amines) is 1. The molecular formula is C24H31F2N5O3S. The van der Waals surface area contributed by atoms with E-state index in [9.17, 15) is 18.4 Å². The summed E-state index contributed by atoms with van der Waals surface area (Å²) in [5.74, 6) is -0.499. The average molecular weight is 508 g/mol. The molecule has 2 fully saturated rings. The lowest BCUT2D eigenvalue weighted by atomic mass is 10.1. The van der Waals surface area contributed by atoms with E-state index in [1.807, 2.05) is 27.7 Å². The fourth-order valence-corrected chi connectivity index (χ4v) is 5.30. The van der Waals surface area contributed by atoms with Gasteiger partial charge in [0.05, 0.1) is 17.5 Å². The lowest BCUT2D eigenvalue weighted by Gasteiger charge is -2.23. The molecule has 0 spiro atoms. The fraction of sp³-hybridized carbons (Fsp3) is 0.583. The molecule has 2 N–H and O–H groups in total. The molecule has 35 heavy (non-hydrogen) atoms. The lowest BCUT2D eigenvalue weighted by molar-refractivity contribution is 0.0743. The van der Waals surface area contributed by atoms with E-state index in [0.29, 0.717) is 32.0 Å². The highest BCUT2D eigenvalue weighted by Gasteiger charge is 2.33. The first kappa shape index (κ1) is 25.4. The number of carbonyl (C=O) groups excluding carboxylic acids is 2. The van der Waals surface area contributed by atoms with Crippen LogP contribution in [0.3, 0.4) is 0 Å². The number of nitrogens with one attached hydrogen (secondary N) is 2. The topological polar surface area (TPSA) is 96.5 Å². The summed E-state index contributed by atoms with van der Waals surface area (Å²) in [4.78, 5) is 37.0. The van der Waals surface area contributed by atoms with Crippen LogP contribution in [-0.4, -0.2) is 64.1 Å². The van der Waals surface area contributed by atoms with Gasteiger partial charge in [0.25, 0.3) is 18.2 Å². The summed E-state index contributed by atoms with van der Waals surface area (Å²) < 4.78 is 33.7. The third-order valence-corrected chi connectivity index (χ3v) is 7.11. The first-order valence-electron chi connectivity index (χ1n) is 11.8. The second kappa shape index (κ2) is 10.1. The Morgan fingerprint density at radius 3 is 2.66 bits per heavy atom. The van der Waals surface area contributed by atoms with E-state index in [2.05, 4.69) is 20.6 Å². The van der Waals surface area contributed by atoms with Crippen LogP contribution in [-0.2, 0) is 4.74 Å². The zero-order valence-electron chi connectivity index (χ0n) is 20.4. The maximum absolute atomic E-state index is 14.2. The van der Waals surface area contributed by atoms with E-state index in [4.69, 9.17) is 4.74 Å². The molecule has 4 heterocycles. The van der Waals surface area contributed by atoms with Crippen molar-refractivity contribution < 1.29 is 23.1 Å². The maximum Gasteiger partial charge on any atom is 0.280 e. The highest BCUT2D eigenvalue weighted by molar-refractivity contribution is 7.17. The molecule has 0 bridgehead atoms. The van der Waals surface area contributed by atoms with Crippen LogP contribution in [0.4, 0.5) is 14.6 Å². The number of ether oxygens (including phenoxy) is 1. The Bertz CT molecular complexity index is 1100. The van der Waals surface area contributed by atoms with Crippen LogP contribution in [0, 0.1) is 0 Å². The zero-order chi connectivity index (χ0) is 25.3. The van der Waals surface area contributed by atoms with Crippen molar-refractivity contribution in [2.45, 2.75) is 71.0 Å². The van der Waals surface area contributed by atoms with Gasteiger partial charge in [-0.15, -0.1) is 11.3 Å². The Kier molecular flexibility index (Phi) is 7.37. The molecule has 190 valence electrons. The molecule has 0 aliphatic carbocycles. The Labute approximate surface area is 207 Å². The molecule has 4 rings (SSSR count). The number of halogens is 2. The standard InChI is InChI=1S/C24H31F2N5O3S/c1-13-6-5-8-31(13)23(33)18-19(35-22(29-18)21(32)28-14-7-9-34-12-14)16-11-27-17(30-24(2,3)4)10-15(16)20(25)26/h10-11,13-14,20H,5-9,12H2,1-4H3,(H,27,30)(H,28,32). The van der Waals surface area contributed by atoms with Crippen molar-refractivity contribution in [2.24, 2.45) is 0 Å². The number of hydrogen-bond donors (Lipinski definition) is 2. The van der Waals surface area contributed by atoms with E-state index in [-0.39, 0.29) is 50.2 Å². The fourth-order valence-electron chi connectivity index (χ4n) is 4.31. The second-order valence-electron chi connectivity index (χ2n) is 10.1. The third-order valence-electron chi connectivity index (χ3n) is 6.02. The Balaban J connectivity index is 1.76. The molecule has 0 saturated carbocycles. The average Bonchev–Trinajstić information content (AvgIpc) is 3.53. The number of aromatic nitrogens is 2. The molecule has 2 aromatic rings. The molecule has 2 amide bonds. The number of carbonyl (C=O) groups is 2. The lowest BCUT2D eigenvalue weighted by Crippen LogP contribution is -2.35. The number of alkyl halides is 2. The smallest absolute Gasteiger partial charge is 0.280 e. The molecule has 0 aromatic carbocycles. The van der Waals surface area contributed by atoms with Gasteiger partial charge < -0.3 is 20.3 Å². The summed E-state index contributed by atoms with van der Waals surface area (Å²) in [7, 11) is 0. The van der Waals surface area contributed by atoms with E-state index < -0.39 is 12.3 Å². The van der Waals surface area contributed by atoms with Crippen LogP contribution in [0.25, 0.3) is 10.4 Å². The molecule has 2 aliphatic rings. The number of amides is 2. The van der Waals surface area contributed by atoms with Crippen LogP contribution >= 0.6 is 11.3 Å². The summed E-state index contributed by atoms with van der Waals surface area (Å²) in [6, 6.07) is 1.16. The van der Waals surface area contributed by atoms with Crippen molar-refractivity contribution in [2.75, 3.05) is 25.1 Å². The minimum Gasteiger partial charge on any atom is -0.379 e. The van der Waals surface area contributed by atoms with Crippen molar-refractivity contribution in [3.8, 4) is 10.4 Å². The first-order chi connectivity index (χ1) is 16.5. The van der Waals surface area contributed by atoms with Crippen LogP contribution in [0.2, 0.25) is 0 Å². The third kappa shape index (κ3) is 5.78. The Hall–Kier alpha value is -2.66. The number of anilines is 1. The summed E-state index contributed by atoms with van der Waals surface area (Å²) in [5, 5.41) is 6.02. The number of thiazole rings is 1. The van der Waals surface area contributed by atoms with Crippen LogP contribution in [0.15, 0.2) is 12.3 Å². The molecule has 0 radical (unpaired) electrons. The van der Waals surface area contributed by atoms with Crippen molar-refractivity contribution in [1.82, 2.24) is 20.2 Å². The summed E-state index contributed by atoms with van der Waals surface area (Å²) in [6.45, 7) is 9.19. The van der Waals surface area contributed by atoms with Crippen LogP contribution in [0.5, 0.6) is 0 Å². The van der Waals surface area contributed by atoms with E-state index in [0.717, 1.165) is 24.2 Å². The Morgan fingerprint density at radius 2 is 2.06 bits per heavy atom. The summed E-state index contributed by atoms with van der Waals surface area (Å²) in [5.41, 5.74) is -0.525. The molecule has 11 heteroatoms. The largest absolute Gasteiger partial charge is 0.379 e. The van der Waals surface area contributed by atoms with Crippen molar-refractivity contribution in [3.63, 3.8) is 0 Å². The van der Waals surface area contributed by atoms with Gasteiger partial charge in [-0.2, -0.15) is 0 Å². The molecule has 2 aromatic heterocycles. The van der Waals surface area contributed by atoms with Gasteiger partial charge in [-0.1, -0.05) is 0 Å². The first-order valence-corrected chi connectivity index (χ1v) is 12.6. The van der Waals surface area contributed by atoms with E-state index in [1.54, 1.807) is 4.90 Å². The molecule has 8 nitrogen and oxygen atoms in total. The van der Waals surface area contributed by atoms with Gasteiger partial charge in [0.2, 0.25) is 0 Å². The minimum absolute atomic E-state index is 0.0102. The Morgan fingerprint density at radius 1 is 1.29 bits per heavy atom. The number of pyridine rings is 1. The molecule has 2 aliphatic heterocycles. The number of rotatable bonds is 6. The van der Waals surface area contributed by atoms with Crippen molar-refractivity contribution in [1.29, 1.82) is 0 Å². The monoisotopic (exact) mass is 507 g/mol.